The Balaban J connectivity index is 2.19. The molecule has 0 bridgehead atoms. The summed E-state index contributed by atoms with van der Waals surface area (Å²) >= 11 is 0. The minimum Gasteiger partial charge on any atom is -0.465 e. The van der Waals surface area contributed by atoms with Crippen LogP contribution < -0.4 is 10.6 Å². The van der Waals surface area contributed by atoms with E-state index in [1.54, 1.807) is 41.7 Å². The number of pyridine rings is 1. The van der Waals surface area contributed by atoms with Crippen LogP contribution in [0.3, 0.4) is 0 Å². The smallest absolute Gasteiger partial charge is 0.337 e. The van der Waals surface area contributed by atoms with Gasteiger partial charge in [-0.15, -0.1) is 0 Å². The molecule has 0 amide bonds. The third kappa shape index (κ3) is 2.44. The second-order valence-corrected chi connectivity index (χ2v) is 4.70. The van der Waals surface area contributed by atoms with Crippen LogP contribution in [0.25, 0.3) is 10.9 Å². The minimum absolute atomic E-state index is 0.158. The van der Waals surface area contributed by atoms with E-state index < -0.39 is 5.97 Å². The van der Waals surface area contributed by atoms with Gasteiger partial charge in [0, 0.05) is 23.9 Å². The van der Waals surface area contributed by atoms with Gasteiger partial charge in [-0.3, -0.25) is 9.80 Å². The number of hydrogen-bond donors (Lipinski definition) is 0. The summed E-state index contributed by atoms with van der Waals surface area (Å²) in [6.07, 6.45) is 11.0. The predicted molar refractivity (Wildman–Crippen MR) is 85.2 cm³/mol. The van der Waals surface area contributed by atoms with E-state index in [0.717, 1.165) is 5.39 Å². The van der Waals surface area contributed by atoms with Gasteiger partial charge in [-0.1, -0.05) is 12.2 Å². The van der Waals surface area contributed by atoms with E-state index in [9.17, 15) is 9.59 Å². The van der Waals surface area contributed by atoms with Crippen LogP contribution in [0, 0.1) is 0 Å². The number of benzene rings is 1. The first-order chi connectivity index (χ1) is 10.7. The SMILES string of the molecule is COC(=O)c1ccc2c(ccc(=O)n2N2C=CC=CC=C2)c1. The van der Waals surface area contributed by atoms with Crippen molar-refractivity contribution in [1.29, 1.82) is 0 Å². The summed E-state index contributed by atoms with van der Waals surface area (Å²) < 4.78 is 6.26. The zero-order valence-corrected chi connectivity index (χ0v) is 12.0. The van der Waals surface area contributed by atoms with Gasteiger partial charge >= 0.3 is 5.97 Å². The van der Waals surface area contributed by atoms with Gasteiger partial charge in [0.15, 0.2) is 0 Å². The van der Waals surface area contributed by atoms with Crippen molar-refractivity contribution in [2.75, 3.05) is 12.1 Å². The van der Waals surface area contributed by atoms with Crippen molar-refractivity contribution in [2.24, 2.45) is 0 Å². The predicted octanol–water partition coefficient (Wildman–Crippen LogP) is 2.32. The molecule has 0 atom stereocenters. The Morgan fingerprint density at radius 2 is 1.73 bits per heavy atom. The lowest BCUT2D eigenvalue weighted by molar-refractivity contribution is 0.0601. The van der Waals surface area contributed by atoms with Crippen molar-refractivity contribution in [2.45, 2.75) is 0 Å². The van der Waals surface area contributed by atoms with Crippen LogP contribution in [0.4, 0.5) is 0 Å². The van der Waals surface area contributed by atoms with Gasteiger partial charge < -0.3 is 4.74 Å². The fourth-order valence-corrected chi connectivity index (χ4v) is 2.30. The highest BCUT2D eigenvalue weighted by Gasteiger charge is 2.11. The van der Waals surface area contributed by atoms with E-state index in [1.165, 1.54) is 17.9 Å². The number of carbonyl (C=O) groups excluding carboxylic acids is 1. The zero-order chi connectivity index (χ0) is 15.5. The molecule has 22 heavy (non-hydrogen) atoms. The maximum absolute atomic E-state index is 12.3. The molecule has 110 valence electrons. The fraction of sp³-hybridized carbons (Fsp3) is 0.0588. The molecule has 0 saturated heterocycles. The van der Waals surface area contributed by atoms with E-state index in [4.69, 9.17) is 4.74 Å². The van der Waals surface area contributed by atoms with E-state index in [-0.39, 0.29) is 5.56 Å². The van der Waals surface area contributed by atoms with Crippen LogP contribution in [-0.4, -0.2) is 17.8 Å². The quantitative estimate of drug-likeness (QED) is 0.798. The normalized spacial score (nSPS) is 13.4. The summed E-state index contributed by atoms with van der Waals surface area (Å²) in [5, 5.41) is 2.48. The molecule has 1 aromatic carbocycles. The number of fused-ring (bicyclic) bond motifs is 1. The van der Waals surface area contributed by atoms with Gasteiger partial charge in [-0.05, 0) is 36.4 Å². The monoisotopic (exact) mass is 294 g/mol. The highest BCUT2D eigenvalue weighted by molar-refractivity contribution is 5.94. The van der Waals surface area contributed by atoms with Gasteiger partial charge in [0.05, 0.1) is 18.2 Å². The topological polar surface area (TPSA) is 51.5 Å². The van der Waals surface area contributed by atoms with Crippen molar-refractivity contribution in [3.8, 4) is 0 Å². The number of ether oxygens (including phenoxy) is 1. The summed E-state index contributed by atoms with van der Waals surface area (Å²) in [5.41, 5.74) is 0.995. The Morgan fingerprint density at radius 1 is 1.00 bits per heavy atom. The Labute approximate surface area is 127 Å². The van der Waals surface area contributed by atoms with E-state index in [2.05, 4.69) is 0 Å². The first-order valence-corrected chi connectivity index (χ1v) is 6.75. The number of allylic oxidation sites excluding steroid dienone is 4. The van der Waals surface area contributed by atoms with Crippen LogP contribution in [0.15, 0.2) is 71.8 Å². The lowest BCUT2D eigenvalue weighted by Crippen LogP contribution is -2.34. The number of hydrogen-bond acceptors (Lipinski definition) is 4. The molecular weight excluding hydrogens is 280 g/mol. The molecule has 2 heterocycles. The summed E-state index contributed by atoms with van der Waals surface area (Å²) in [7, 11) is 1.34. The van der Waals surface area contributed by atoms with Crippen molar-refractivity contribution < 1.29 is 9.53 Å². The molecule has 1 aliphatic heterocycles. The Kier molecular flexibility index (Phi) is 3.62. The van der Waals surface area contributed by atoms with Gasteiger partial charge in [0.1, 0.15) is 0 Å². The average Bonchev–Trinajstić information content (AvgIpc) is 2.82. The number of carbonyl (C=O) groups is 1. The second kappa shape index (κ2) is 5.73. The molecule has 3 rings (SSSR count). The van der Waals surface area contributed by atoms with Gasteiger partial charge in [-0.2, -0.15) is 0 Å². The highest BCUT2D eigenvalue weighted by atomic mass is 16.5. The number of esters is 1. The maximum Gasteiger partial charge on any atom is 0.337 e. The average molecular weight is 294 g/mol. The van der Waals surface area contributed by atoms with Crippen molar-refractivity contribution in [3.05, 3.63) is 83.0 Å². The lowest BCUT2D eigenvalue weighted by atomic mass is 10.1. The zero-order valence-electron chi connectivity index (χ0n) is 12.0. The van der Waals surface area contributed by atoms with E-state index >= 15 is 0 Å². The molecule has 0 unspecified atom stereocenters. The Hall–Kier alpha value is -3.08. The van der Waals surface area contributed by atoms with Gasteiger partial charge in [0.2, 0.25) is 0 Å². The largest absolute Gasteiger partial charge is 0.465 e. The van der Waals surface area contributed by atoms with Crippen LogP contribution in [0.2, 0.25) is 0 Å². The molecule has 0 fully saturated rings. The number of aromatic nitrogens is 1. The summed E-state index contributed by atoms with van der Waals surface area (Å²) in [6, 6.07) is 8.27. The molecular formula is C17H14N2O3. The third-order valence-corrected chi connectivity index (χ3v) is 3.33. The first kappa shape index (κ1) is 13.9. The lowest BCUT2D eigenvalue weighted by Gasteiger charge is -2.20. The third-order valence-electron chi connectivity index (χ3n) is 3.33. The highest BCUT2D eigenvalue weighted by Crippen LogP contribution is 2.16. The van der Waals surface area contributed by atoms with Crippen LogP contribution in [0.5, 0.6) is 0 Å². The molecule has 0 N–H and O–H groups in total. The summed E-state index contributed by atoms with van der Waals surface area (Å²) in [6.45, 7) is 0. The molecule has 0 spiro atoms. The van der Waals surface area contributed by atoms with E-state index in [1.807, 2.05) is 24.3 Å². The molecule has 5 heteroatoms. The summed E-state index contributed by atoms with van der Waals surface area (Å²) in [5.74, 6) is -0.404. The number of nitrogens with zero attached hydrogens (tertiary/aromatic N) is 2. The molecule has 0 saturated carbocycles. The van der Waals surface area contributed by atoms with Crippen molar-refractivity contribution in [1.82, 2.24) is 4.68 Å². The molecule has 0 aliphatic carbocycles. The standard InChI is InChI=1S/C17H14N2O3/c1-22-17(21)14-6-8-15-13(12-14)7-9-16(20)19(15)18-10-4-2-3-5-11-18/h2-12H,1H3. The molecule has 5 nitrogen and oxygen atoms in total. The molecule has 1 aromatic heterocycles. The van der Waals surface area contributed by atoms with Crippen molar-refractivity contribution >= 4 is 16.9 Å². The van der Waals surface area contributed by atoms with Crippen molar-refractivity contribution in [3.63, 3.8) is 0 Å². The van der Waals surface area contributed by atoms with Crippen LogP contribution >= 0.6 is 0 Å². The molecule has 2 aromatic rings. The number of rotatable bonds is 2. The summed E-state index contributed by atoms with van der Waals surface area (Å²) in [4.78, 5) is 23.9. The second-order valence-electron chi connectivity index (χ2n) is 4.70. The number of methoxy groups -OCH3 is 1. The first-order valence-electron chi connectivity index (χ1n) is 6.75. The Morgan fingerprint density at radius 3 is 2.41 bits per heavy atom. The fourth-order valence-electron chi connectivity index (χ4n) is 2.30. The minimum atomic E-state index is -0.404. The van der Waals surface area contributed by atoms with Gasteiger partial charge in [0.25, 0.3) is 5.56 Å². The van der Waals surface area contributed by atoms with Crippen LogP contribution in [-0.2, 0) is 4.74 Å². The Bertz CT molecular complexity index is 859. The van der Waals surface area contributed by atoms with Gasteiger partial charge in [-0.25, -0.2) is 9.47 Å². The molecule has 0 radical (unpaired) electrons. The van der Waals surface area contributed by atoms with E-state index in [0.29, 0.717) is 11.1 Å². The van der Waals surface area contributed by atoms with Crippen LogP contribution in [0.1, 0.15) is 10.4 Å². The maximum atomic E-state index is 12.3. The molecule has 1 aliphatic rings.